The Morgan fingerprint density at radius 1 is 0.706 bits per heavy atom. The van der Waals surface area contributed by atoms with Crippen molar-refractivity contribution in [2.45, 2.75) is 0 Å². The van der Waals surface area contributed by atoms with E-state index in [9.17, 15) is 0 Å². The Bertz CT molecular complexity index is 485. The molecule has 0 fully saturated rings. The molecule has 5 heteroatoms. The van der Waals surface area contributed by atoms with E-state index in [1.165, 1.54) is 18.8 Å². The average molecular weight is 252 g/mol. The fourth-order valence-corrected chi connectivity index (χ4v) is 4.19. The average Bonchev–Trinajstić information content (AvgIpc) is 3.10. The topological polar surface area (TPSA) is 39.4 Å². The molecule has 3 aromatic rings. The van der Waals surface area contributed by atoms with Gasteiger partial charge in [-0.25, -0.2) is 0 Å². The molecule has 0 aliphatic carbocycles. The number of rotatable bonds is 3. The summed E-state index contributed by atoms with van der Waals surface area (Å²) in [5, 5.41) is 0. The van der Waals surface area contributed by atoms with Gasteiger partial charge in [-0.3, -0.25) is 0 Å². The molecule has 3 heterocycles. The SMILES string of the molecule is F[PH](c1ccco1)(c1ccco1)c1ccco1. The predicted octanol–water partition coefficient (Wildman–Crippen LogP) is 2.38. The summed E-state index contributed by atoms with van der Waals surface area (Å²) in [4.78, 5) is 0. The fraction of sp³-hybridized carbons (Fsp3) is 0. The van der Waals surface area contributed by atoms with Crippen molar-refractivity contribution in [1.82, 2.24) is 0 Å². The van der Waals surface area contributed by atoms with Gasteiger partial charge in [-0.15, -0.1) is 0 Å². The number of furan rings is 3. The Balaban J connectivity index is 2.21. The molecule has 0 N–H and O–H groups in total. The minimum absolute atomic E-state index is 0.266. The van der Waals surface area contributed by atoms with Crippen LogP contribution in [0, 0.1) is 0 Å². The van der Waals surface area contributed by atoms with Gasteiger partial charge < -0.3 is 0 Å². The summed E-state index contributed by atoms with van der Waals surface area (Å²) >= 11 is 0. The van der Waals surface area contributed by atoms with E-state index in [1.807, 2.05) is 0 Å². The molecule has 0 spiro atoms. The maximum atomic E-state index is 15.3. The first-order valence-corrected chi connectivity index (χ1v) is 7.00. The molecular formula is C12H10FO3P. The van der Waals surface area contributed by atoms with Crippen LogP contribution in [-0.4, -0.2) is 0 Å². The minimum atomic E-state index is -3.72. The Labute approximate surface area is 97.3 Å². The first-order valence-electron chi connectivity index (χ1n) is 5.12. The van der Waals surface area contributed by atoms with Gasteiger partial charge in [0.25, 0.3) is 0 Å². The molecule has 0 radical (unpaired) electrons. The van der Waals surface area contributed by atoms with Gasteiger partial charge in [-0.1, -0.05) is 0 Å². The van der Waals surface area contributed by atoms with E-state index in [-0.39, 0.29) is 16.5 Å². The quantitative estimate of drug-likeness (QED) is 0.672. The van der Waals surface area contributed by atoms with Crippen molar-refractivity contribution in [2.75, 3.05) is 0 Å². The van der Waals surface area contributed by atoms with Crippen molar-refractivity contribution >= 4 is 24.1 Å². The van der Waals surface area contributed by atoms with Crippen LogP contribution >= 0.6 is 7.57 Å². The Kier molecular flexibility index (Phi) is 2.37. The summed E-state index contributed by atoms with van der Waals surface area (Å²) in [6.45, 7) is 0. The van der Waals surface area contributed by atoms with Crippen LogP contribution in [0.1, 0.15) is 0 Å². The second-order valence-corrected chi connectivity index (χ2v) is 6.39. The van der Waals surface area contributed by atoms with Crippen molar-refractivity contribution in [1.29, 1.82) is 0 Å². The van der Waals surface area contributed by atoms with Crippen molar-refractivity contribution in [3.8, 4) is 0 Å². The third-order valence-electron chi connectivity index (χ3n) is 2.58. The molecule has 88 valence electrons. The molecule has 0 aromatic carbocycles. The first kappa shape index (κ1) is 10.4. The zero-order chi connectivity index (χ0) is 11.7. The Morgan fingerprint density at radius 3 is 1.29 bits per heavy atom. The molecule has 0 saturated heterocycles. The molecule has 3 rings (SSSR count). The fourth-order valence-electron chi connectivity index (χ4n) is 1.79. The standard InChI is InChI=1S/C12H10FO3P/c13-17(10-4-1-7-14-10,11-5-2-8-15-11)12-6-3-9-16-12/h1-9,17H. The van der Waals surface area contributed by atoms with E-state index in [2.05, 4.69) is 0 Å². The van der Waals surface area contributed by atoms with Crippen LogP contribution in [0.5, 0.6) is 0 Å². The summed E-state index contributed by atoms with van der Waals surface area (Å²) < 4.78 is 31.0. The van der Waals surface area contributed by atoms with E-state index in [1.54, 1.807) is 36.4 Å². The normalized spacial score (nSPS) is 12.8. The summed E-state index contributed by atoms with van der Waals surface area (Å²) in [5.74, 6) is 0. The molecule has 3 nitrogen and oxygen atoms in total. The van der Waals surface area contributed by atoms with E-state index in [4.69, 9.17) is 13.3 Å². The molecule has 0 amide bonds. The molecule has 0 unspecified atom stereocenters. The van der Waals surface area contributed by atoms with Gasteiger partial charge in [0.15, 0.2) is 0 Å². The van der Waals surface area contributed by atoms with Crippen LogP contribution in [0.15, 0.2) is 68.4 Å². The Morgan fingerprint density at radius 2 is 1.06 bits per heavy atom. The zero-order valence-electron chi connectivity index (χ0n) is 8.80. The van der Waals surface area contributed by atoms with Gasteiger partial charge in [0.1, 0.15) is 0 Å². The van der Waals surface area contributed by atoms with Crippen LogP contribution < -0.4 is 16.5 Å². The van der Waals surface area contributed by atoms with Crippen LogP contribution in [0.2, 0.25) is 0 Å². The van der Waals surface area contributed by atoms with Crippen LogP contribution in [-0.2, 0) is 0 Å². The number of hydrogen-bond acceptors (Lipinski definition) is 3. The molecule has 0 aliphatic rings. The molecule has 0 saturated carbocycles. The van der Waals surface area contributed by atoms with Crippen molar-refractivity contribution in [2.24, 2.45) is 0 Å². The van der Waals surface area contributed by atoms with E-state index in [0.717, 1.165) is 0 Å². The van der Waals surface area contributed by atoms with Crippen LogP contribution in [0.25, 0.3) is 0 Å². The zero-order valence-corrected chi connectivity index (χ0v) is 9.80. The third-order valence-corrected chi connectivity index (χ3v) is 5.47. The van der Waals surface area contributed by atoms with Gasteiger partial charge in [0.2, 0.25) is 0 Å². The van der Waals surface area contributed by atoms with Crippen molar-refractivity contribution < 1.29 is 17.4 Å². The molecular weight excluding hydrogens is 242 g/mol. The van der Waals surface area contributed by atoms with Gasteiger partial charge in [0.05, 0.1) is 0 Å². The monoisotopic (exact) mass is 252 g/mol. The third kappa shape index (κ3) is 1.53. The van der Waals surface area contributed by atoms with Crippen molar-refractivity contribution in [3.05, 3.63) is 55.2 Å². The van der Waals surface area contributed by atoms with Crippen LogP contribution in [0.3, 0.4) is 0 Å². The van der Waals surface area contributed by atoms with E-state index >= 15 is 4.20 Å². The molecule has 3 aromatic heterocycles. The van der Waals surface area contributed by atoms with Crippen LogP contribution in [0.4, 0.5) is 4.20 Å². The Hall–Kier alpha value is -1.80. The predicted molar refractivity (Wildman–Crippen MR) is 64.4 cm³/mol. The van der Waals surface area contributed by atoms with Gasteiger partial charge in [-0.05, 0) is 0 Å². The molecule has 0 bridgehead atoms. The van der Waals surface area contributed by atoms with Gasteiger partial charge >= 0.3 is 96.7 Å². The summed E-state index contributed by atoms with van der Waals surface area (Å²) in [7, 11) is -3.72. The molecule has 17 heavy (non-hydrogen) atoms. The first-order chi connectivity index (χ1) is 8.32. The number of hydrogen-bond donors (Lipinski definition) is 0. The second kappa shape index (κ2) is 3.90. The van der Waals surface area contributed by atoms with Crippen molar-refractivity contribution in [3.63, 3.8) is 0 Å². The van der Waals surface area contributed by atoms with Gasteiger partial charge in [-0.2, -0.15) is 0 Å². The summed E-state index contributed by atoms with van der Waals surface area (Å²) in [5.41, 5.74) is 0.798. The second-order valence-electron chi connectivity index (χ2n) is 3.59. The molecule has 0 aliphatic heterocycles. The van der Waals surface area contributed by atoms with E-state index in [0.29, 0.717) is 0 Å². The summed E-state index contributed by atoms with van der Waals surface area (Å²) in [6, 6.07) is 9.79. The van der Waals surface area contributed by atoms with Gasteiger partial charge in [0, 0.05) is 0 Å². The summed E-state index contributed by atoms with van der Waals surface area (Å²) in [6.07, 6.45) is 4.34. The van der Waals surface area contributed by atoms with E-state index < -0.39 is 7.57 Å². The molecule has 0 atom stereocenters. The number of halogens is 1. The maximum absolute atomic E-state index is 15.3.